The largest absolute Gasteiger partial charge is 0.437 e. The summed E-state index contributed by atoms with van der Waals surface area (Å²) in [6.45, 7) is 1.79. The van der Waals surface area contributed by atoms with E-state index in [1.54, 1.807) is 0 Å². The van der Waals surface area contributed by atoms with Gasteiger partial charge < -0.3 is 19.7 Å². The fraction of sp³-hybridized carbons (Fsp3) is 0.500. The van der Waals surface area contributed by atoms with Crippen molar-refractivity contribution in [3.8, 4) is 0 Å². The van der Waals surface area contributed by atoms with Crippen molar-refractivity contribution in [3.63, 3.8) is 0 Å². The first-order valence-electron chi connectivity index (χ1n) is 8.46. The minimum absolute atomic E-state index is 0.152. The van der Waals surface area contributed by atoms with E-state index in [0.29, 0.717) is 4.43 Å². The fourth-order valence-electron chi connectivity index (χ4n) is 3.32. The maximum Gasteiger partial charge on any atom is 0.332 e. The number of fused-ring (bicyclic) bond motifs is 1. The number of hydrogen-bond acceptors (Lipinski definition) is 6. The van der Waals surface area contributed by atoms with Crippen molar-refractivity contribution < 1.29 is 23.9 Å². The number of esters is 1. The molecule has 4 atom stereocenters. The number of amides is 2. The average Bonchev–Trinajstić information content (AvgIpc) is 2.95. The van der Waals surface area contributed by atoms with Crippen LogP contribution < -0.4 is 5.32 Å². The molecule has 27 heavy (non-hydrogen) atoms. The Morgan fingerprint density at radius 1 is 1.33 bits per heavy atom. The summed E-state index contributed by atoms with van der Waals surface area (Å²) in [4.78, 5) is 39.0. The second kappa shape index (κ2) is 8.36. The molecular formula is C18H21IN2O5S. The van der Waals surface area contributed by atoms with E-state index >= 15 is 0 Å². The summed E-state index contributed by atoms with van der Waals surface area (Å²) >= 11 is 3.74. The first-order valence-corrected chi connectivity index (χ1v) is 10.9. The Hall–Kier alpha value is -1.33. The smallest absolute Gasteiger partial charge is 0.332 e. The van der Waals surface area contributed by atoms with Gasteiger partial charge in [-0.25, -0.2) is 4.79 Å². The molecule has 2 saturated heterocycles. The van der Waals surface area contributed by atoms with Crippen LogP contribution in [0.4, 0.5) is 0 Å². The number of nitrogens with one attached hydrogen (secondary N) is 1. The van der Waals surface area contributed by atoms with Crippen molar-refractivity contribution in [2.45, 2.75) is 35.5 Å². The molecule has 3 rings (SSSR count). The highest BCUT2D eigenvalue weighted by Crippen LogP contribution is 2.52. The molecule has 0 spiro atoms. The summed E-state index contributed by atoms with van der Waals surface area (Å²) in [5, 5.41) is 2.55. The van der Waals surface area contributed by atoms with Crippen LogP contribution in [0.2, 0.25) is 0 Å². The van der Waals surface area contributed by atoms with Gasteiger partial charge >= 0.3 is 5.97 Å². The maximum absolute atomic E-state index is 12.7. The lowest BCUT2D eigenvalue weighted by Gasteiger charge is -2.44. The highest BCUT2D eigenvalue weighted by molar-refractivity contribution is 14.1. The van der Waals surface area contributed by atoms with Gasteiger partial charge in [0.1, 0.15) is 17.5 Å². The lowest BCUT2D eigenvalue weighted by atomic mass is 9.96. The number of carbonyl (C=O) groups excluding carboxylic acids is 3. The molecule has 1 aromatic carbocycles. The van der Waals surface area contributed by atoms with Crippen LogP contribution in [0.15, 0.2) is 30.3 Å². The predicted octanol–water partition coefficient (Wildman–Crippen LogP) is 1.34. The van der Waals surface area contributed by atoms with Crippen molar-refractivity contribution in [1.29, 1.82) is 0 Å². The molecule has 2 amide bonds. The van der Waals surface area contributed by atoms with Crippen LogP contribution in [-0.2, 0) is 30.3 Å². The number of thioether (sulfide) groups is 1. The van der Waals surface area contributed by atoms with Gasteiger partial charge in [-0.1, -0.05) is 52.9 Å². The first kappa shape index (κ1) is 20.4. The zero-order chi connectivity index (χ0) is 19.6. The molecule has 2 aliphatic heterocycles. The molecule has 9 heteroatoms. The summed E-state index contributed by atoms with van der Waals surface area (Å²) < 4.78 is 10.1. The number of β-lactam (4-membered cyclic amide) rings is 1. The van der Waals surface area contributed by atoms with E-state index in [1.807, 2.05) is 37.3 Å². The quantitative estimate of drug-likeness (QED) is 0.199. The zero-order valence-electron chi connectivity index (χ0n) is 15.0. The van der Waals surface area contributed by atoms with Gasteiger partial charge in [0.15, 0.2) is 6.79 Å². The highest BCUT2D eigenvalue weighted by Gasteiger charge is 2.65. The zero-order valence-corrected chi connectivity index (χ0v) is 18.0. The first-order chi connectivity index (χ1) is 12.9. The van der Waals surface area contributed by atoms with Gasteiger partial charge in [-0.05, 0) is 12.5 Å². The van der Waals surface area contributed by atoms with Crippen LogP contribution >= 0.6 is 34.4 Å². The van der Waals surface area contributed by atoms with Gasteiger partial charge in [0.05, 0.1) is 11.2 Å². The molecule has 3 unspecified atom stereocenters. The molecule has 0 aromatic heterocycles. The number of ether oxygens (including phenoxy) is 2. The van der Waals surface area contributed by atoms with Crippen LogP contribution in [0.3, 0.4) is 0 Å². The number of nitrogens with zero attached hydrogens (tertiary/aromatic N) is 1. The second-order valence-electron chi connectivity index (χ2n) is 6.68. The summed E-state index contributed by atoms with van der Waals surface area (Å²) in [5.41, 5.74) is 0.885. The number of alkyl halides is 1. The number of halogens is 1. The van der Waals surface area contributed by atoms with E-state index in [1.165, 1.54) is 23.8 Å². The third kappa shape index (κ3) is 3.95. The Morgan fingerprint density at radius 2 is 2.04 bits per heavy atom. The molecule has 0 saturated carbocycles. The molecule has 1 N–H and O–H groups in total. The number of methoxy groups -OCH3 is 1. The summed E-state index contributed by atoms with van der Waals surface area (Å²) in [6, 6.07) is 8.06. The molecule has 146 valence electrons. The number of benzene rings is 1. The third-order valence-electron chi connectivity index (χ3n) is 4.66. The van der Waals surface area contributed by atoms with Gasteiger partial charge in [0, 0.05) is 11.5 Å². The van der Waals surface area contributed by atoms with E-state index in [0.717, 1.165) is 5.56 Å². The topological polar surface area (TPSA) is 84.9 Å². The SMILES string of the molecule is COCOC(=O)C1N2C(=O)C(NC(=O)Cc3ccccc3)[C@@H]2SC1(C)CI. The fourth-order valence-corrected chi connectivity index (χ4v) is 5.89. The number of rotatable bonds is 7. The van der Waals surface area contributed by atoms with E-state index in [2.05, 4.69) is 27.9 Å². The van der Waals surface area contributed by atoms with Crippen LogP contribution in [-0.4, -0.2) is 63.2 Å². The molecule has 0 aliphatic carbocycles. The van der Waals surface area contributed by atoms with Crippen molar-refractivity contribution >= 4 is 52.1 Å². The minimum atomic E-state index is -0.686. The Balaban J connectivity index is 1.68. The number of hydrogen-bond donors (Lipinski definition) is 1. The summed E-state index contributed by atoms with van der Waals surface area (Å²) in [5.74, 6) is -0.934. The van der Waals surface area contributed by atoms with E-state index in [-0.39, 0.29) is 30.4 Å². The normalized spacial score (nSPS) is 29.1. The van der Waals surface area contributed by atoms with Gasteiger partial charge in [-0.15, -0.1) is 11.8 Å². The average molecular weight is 504 g/mol. The Labute approximate surface area is 175 Å². The maximum atomic E-state index is 12.7. The molecule has 7 nitrogen and oxygen atoms in total. The second-order valence-corrected chi connectivity index (χ2v) is 9.09. The van der Waals surface area contributed by atoms with Crippen LogP contribution in [0.25, 0.3) is 0 Å². The van der Waals surface area contributed by atoms with Crippen molar-refractivity contribution in [2.24, 2.45) is 0 Å². The van der Waals surface area contributed by atoms with Crippen molar-refractivity contribution in [1.82, 2.24) is 10.2 Å². The third-order valence-corrected chi connectivity index (χ3v) is 8.41. The van der Waals surface area contributed by atoms with Crippen LogP contribution in [0.5, 0.6) is 0 Å². The predicted molar refractivity (Wildman–Crippen MR) is 109 cm³/mol. The van der Waals surface area contributed by atoms with Gasteiger partial charge in [0.2, 0.25) is 11.8 Å². The Bertz CT molecular complexity index is 734. The molecule has 1 aromatic rings. The lowest BCUT2D eigenvalue weighted by molar-refractivity contribution is -0.170. The standard InChI is InChI=1S/C18H21IN2O5S/c1-18(9-19)14(17(24)26-10-25-2)21-15(23)13(16(21)27-18)20-12(22)8-11-6-4-3-5-7-11/h3-7,13-14,16H,8-10H2,1-2H3,(H,20,22)/t13?,14?,16-,18?/m0/s1. The highest BCUT2D eigenvalue weighted by atomic mass is 127. The Kier molecular flexibility index (Phi) is 6.32. The van der Waals surface area contributed by atoms with Crippen molar-refractivity contribution in [2.75, 3.05) is 18.3 Å². The molecule has 2 aliphatic rings. The lowest BCUT2D eigenvalue weighted by Crippen LogP contribution is -2.71. The molecule has 2 heterocycles. The molecule has 0 bridgehead atoms. The van der Waals surface area contributed by atoms with Crippen LogP contribution in [0, 0.1) is 0 Å². The van der Waals surface area contributed by atoms with Crippen LogP contribution in [0.1, 0.15) is 12.5 Å². The van der Waals surface area contributed by atoms with Gasteiger partial charge in [-0.3, -0.25) is 9.59 Å². The monoisotopic (exact) mass is 504 g/mol. The van der Waals surface area contributed by atoms with E-state index in [4.69, 9.17) is 9.47 Å². The molecular weight excluding hydrogens is 483 g/mol. The van der Waals surface area contributed by atoms with Crippen molar-refractivity contribution in [3.05, 3.63) is 35.9 Å². The summed E-state index contributed by atoms with van der Waals surface area (Å²) in [6.07, 6.45) is 0.213. The number of carbonyl (C=O) groups is 3. The summed E-state index contributed by atoms with van der Waals surface area (Å²) in [7, 11) is 1.43. The molecule has 0 radical (unpaired) electrons. The van der Waals surface area contributed by atoms with E-state index < -0.39 is 22.8 Å². The molecule has 2 fully saturated rings. The van der Waals surface area contributed by atoms with Gasteiger partial charge in [0.25, 0.3) is 0 Å². The minimum Gasteiger partial charge on any atom is -0.437 e. The van der Waals surface area contributed by atoms with Gasteiger partial charge in [-0.2, -0.15) is 0 Å². The Morgan fingerprint density at radius 3 is 2.67 bits per heavy atom. The van der Waals surface area contributed by atoms with E-state index in [9.17, 15) is 14.4 Å².